The average molecular weight is 232 g/mol. The molecular formula is C15H24N2. The van der Waals surface area contributed by atoms with E-state index in [0.29, 0.717) is 5.92 Å². The Morgan fingerprint density at radius 2 is 2.24 bits per heavy atom. The second kappa shape index (κ2) is 5.63. The average Bonchev–Trinajstić information content (AvgIpc) is 2.32. The molecule has 1 aromatic heterocycles. The van der Waals surface area contributed by atoms with Crippen molar-refractivity contribution in [1.29, 1.82) is 0 Å². The summed E-state index contributed by atoms with van der Waals surface area (Å²) >= 11 is 0. The Morgan fingerprint density at radius 3 is 2.94 bits per heavy atom. The van der Waals surface area contributed by atoms with E-state index in [0.717, 1.165) is 18.4 Å². The minimum Gasteiger partial charge on any atom is -0.319 e. The number of pyridine rings is 1. The van der Waals surface area contributed by atoms with Gasteiger partial charge < -0.3 is 5.32 Å². The molecule has 1 fully saturated rings. The summed E-state index contributed by atoms with van der Waals surface area (Å²) in [6, 6.07) is 2.14. The lowest BCUT2D eigenvalue weighted by molar-refractivity contribution is 0.244. The topological polar surface area (TPSA) is 24.9 Å². The van der Waals surface area contributed by atoms with Crippen LogP contribution in [-0.4, -0.2) is 18.6 Å². The fourth-order valence-electron chi connectivity index (χ4n) is 3.20. The molecule has 1 aliphatic rings. The van der Waals surface area contributed by atoms with Crippen LogP contribution in [0.2, 0.25) is 0 Å². The van der Waals surface area contributed by atoms with Gasteiger partial charge in [0, 0.05) is 12.4 Å². The molecule has 3 unspecified atom stereocenters. The predicted molar refractivity (Wildman–Crippen MR) is 72.1 cm³/mol. The number of nitrogens with zero attached hydrogens (tertiary/aromatic N) is 1. The predicted octanol–water partition coefficient (Wildman–Crippen LogP) is 3.13. The Bertz CT molecular complexity index is 362. The van der Waals surface area contributed by atoms with Crippen LogP contribution in [0.4, 0.5) is 0 Å². The molecule has 1 saturated carbocycles. The van der Waals surface area contributed by atoms with Crippen LogP contribution in [0.25, 0.3) is 0 Å². The van der Waals surface area contributed by atoms with Crippen molar-refractivity contribution in [2.75, 3.05) is 13.6 Å². The van der Waals surface area contributed by atoms with E-state index >= 15 is 0 Å². The molecule has 2 rings (SSSR count). The molecule has 1 N–H and O–H groups in total. The third-order valence-corrected chi connectivity index (χ3v) is 4.20. The van der Waals surface area contributed by atoms with Gasteiger partial charge in [-0.25, -0.2) is 0 Å². The van der Waals surface area contributed by atoms with Gasteiger partial charge in [-0.05, 0) is 68.3 Å². The smallest absolute Gasteiger partial charge is 0.0305 e. The Morgan fingerprint density at radius 1 is 1.41 bits per heavy atom. The van der Waals surface area contributed by atoms with Crippen LogP contribution >= 0.6 is 0 Å². The highest BCUT2D eigenvalue weighted by molar-refractivity contribution is 5.27. The van der Waals surface area contributed by atoms with Gasteiger partial charge in [-0.1, -0.05) is 13.3 Å². The first-order valence-corrected chi connectivity index (χ1v) is 6.77. The van der Waals surface area contributed by atoms with Gasteiger partial charge in [0.15, 0.2) is 0 Å². The van der Waals surface area contributed by atoms with Gasteiger partial charge in [0.2, 0.25) is 0 Å². The number of hydrogen-bond donors (Lipinski definition) is 1. The van der Waals surface area contributed by atoms with E-state index in [9.17, 15) is 0 Å². The van der Waals surface area contributed by atoms with Gasteiger partial charge in [0.05, 0.1) is 0 Å². The monoisotopic (exact) mass is 232 g/mol. The van der Waals surface area contributed by atoms with E-state index in [2.05, 4.69) is 43.5 Å². The fourth-order valence-corrected chi connectivity index (χ4v) is 3.20. The summed E-state index contributed by atoms with van der Waals surface area (Å²) in [5.74, 6) is 2.33. The molecule has 0 saturated heterocycles. The van der Waals surface area contributed by atoms with Gasteiger partial charge in [0.25, 0.3) is 0 Å². The zero-order valence-corrected chi connectivity index (χ0v) is 11.2. The summed E-state index contributed by atoms with van der Waals surface area (Å²) in [7, 11) is 2.06. The second-order valence-corrected chi connectivity index (χ2v) is 5.57. The van der Waals surface area contributed by atoms with Crippen LogP contribution in [0, 0.1) is 18.8 Å². The third kappa shape index (κ3) is 2.86. The molecule has 3 atom stereocenters. The van der Waals surface area contributed by atoms with Crippen molar-refractivity contribution in [3.63, 3.8) is 0 Å². The van der Waals surface area contributed by atoms with Crippen LogP contribution in [-0.2, 0) is 0 Å². The van der Waals surface area contributed by atoms with Crippen LogP contribution in [0.1, 0.15) is 43.2 Å². The van der Waals surface area contributed by atoms with Crippen LogP contribution in [0.3, 0.4) is 0 Å². The number of nitrogens with one attached hydrogen (secondary N) is 1. The first kappa shape index (κ1) is 12.6. The van der Waals surface area contributed by atoms with Crippen molar-refractivity contribution < 1.29 is 0 Å². The quantitative estimate of drug-likeness (QED) is 0.866. The zero-order valence-electron chi connectivity index (χ0n) is 11.2. The minimum atomic E-state index is 0.694. The largest absolute Gasteiger partial charge is 0.319 e. The summed E-state index contributed by atoms with van der Waals surface area (Å²) < 4.78 is 0. The Balaban J connectivity index is 2.22. The molecule has 0 aliphatic heterocycles. The van der Waals surface area contributed by atoms with Crippen molar-refractivity contribution in [2.45, 2.75) is 39.0 Å². The fraction of sp³-hybridized carbons (Fsp3) is 0.667. The number of aryl methyl sites for hydroxylation is 1. The van der Waals surface area contributed by atoms with Gasteiger partial charge >= 0.3 is 0 Å². The van der Waals surface area contributed by atoms with Crippen LogP contribution < -0.4 is 5.32 Å². The van der Waals surface area contributed by atoms with E-state index in [-0.39, 0.29) is 0 Å². The van der Waals surface area contributed by atoms with E-state index in [4.69, 9.17) is 0 Å². The molecule has 1 aliphatic carbocycles. The molecule has 1 heterocycles. The maximum Gasteiger partial charge on any atom is 0.0305 e. The summed E-state index contributed by atoms with van der Waals surface area (Å²) in [6.07, 6.45) is 8.03. The zero-order chi connectivity index (χ0) is 12.3. The summed E-state index contributed by atoms with van der Waals surface area (Å²) in [5.41, 5.74) is 2.87. The van der Waals surface area contributed by atoms with Crippen molar-refractivity contribution in [2.24, 2.45) is 11.8 Å². The number of aromatic nitrogens is 1. The summed E-state index contributed by atoms with van der Waals surface area (Å²) in [5, 5.41) is 3.35. The molecule has 94 valence electrons. The molecular weight excluding hydrogens is 208 g/mol. The number of hydrogen-bond acceptors (Lipinski definition) is 2. The van der Waals surface area contributed by atoms with Gasteiger partial charge in [0.1, 0.15) is 0 Å². The van der Waals surface area contributed by atoms with Gasteiger partial charge in [-0.2, -0.15) is 0 Å². The minimum absolute atomic E-state index is 0.694. The second-order valence-electron chi connectivity index (χ2n) is 5.57. The van der Waals surface area contributed by atoms with E-state index in [1.54, 1.807) is 0 Å². The lowest BCUT2D eigenvalue weighted by Gasteiger charge is -2.35. The van der Waals surface area contributed by atoms with E-state index in [1.165, 1.54) is 30.4 Å². The first-order chi connectivity index (χ1) is 8.22. The highest BCUT2D eigenvalue weighted by Gasteiger charge is 2.30. The molecule has 1 aromatic rings. The molecule has 2 heteroatoms. The lowest BCUT2D eigenvalue weighted by atomic mass is 9.71. The van der Waals surface area contributed by atoms with Crippen LogP contribution in [0.15, 0.2) is 18.5 Å². The SMILES string of the molecule is CNCC1CCC(C)CC1c1cnccc1C. The summed E-state index contributed by atoms with van der Waals surface area (Å²) in [4.78, 5) is 4.32. The Labute approximate surface area is 105 Å². The molecule has 0 aromatic carbocycles. The van der Waals surface area contributed by atoms with Gasteiger partial charge in [-0.3, -0.25) is 4.98 Å². The van der Waals surface area contributed by atoms with Crippen molar-refractivity contribution in [3.05, 3.63) is 29.6 Å². The highest BCUT2D eigenvalue weighted by Crippen LogP contribution is 2.40. The van der Waals surface area contributed by atoms with Crippen molar-refractivity contribution in [1.82, 2.24) is 10.3 Å². The molecule has 0 radical (unpaired) electrons. The third-order valence-electron chi connectivity index (χ3n) is 4.20. The Kier molecular flexibility index (Phi) is 4.16. The molecule has 0 bridgehead atoms. The van der Waals surface area contributed by atoms with Crippen molar-refractivity contribution >= 4 is 0 Å². The highest BCUT2D eigenvalue weighted by atomic mass is 14.8. The standard InChI is InChI=1S/C15H24N2/c1-11-4-5-13(9-16-3)14(8-11)15-10-17-7-6-12(15)2/h6-7,10-11,13-14,16H,4-5,8-9H2,1-3H3. The van der Waals surface area contributed by atoms with E-state index < -0.39 is 0 Å². The van der Waals surface area contributed by atoms with Crippen molar-refractivity contribution in [3.8, 4) is 0 Å². The number of rotatable bonds is 3. The molecule has 0 amide bonds. The maximum absolute atomic E-state index is 4.32. The van der Waals surface area contributed by atoms with Crippen LogP contribution in [0.5, 0.6) is 0 Å². The first-order valence-electron chi connectivity index (χ1n) is 6.77. The lowest BCUT2D eigenvalue weighted by Crippen LogP contribution is -2.30. The molecule has 2 nitrogen and oxygen atoms in total. The summed E-state index contributed by atoms with van der Waals surface area (Å²) in [6.45, 7) is 5.73. The Hall–Kier alpha value is -0.890. The molecule has 17 heavy (non-hydrogen) atoms. The normalized spacial score (nSPS) is 29.2. The van der Waals surface area contributed by atoms with Gasteiger partial charge in [-0.15, -0.1) is 0 Å². The van der Waals surface area contributed by atoms with E-state index in [1.807, 2.05) is 6.20 Å². The maximum atomic E-state index is 4.32. The molecule has 0 spiro atoms.